The van der Waals surface area contributed by atoms with Crippen LogP contribution < -0.4 is 5.32 Å². The molecule has 4 heteroatoms. The Hall–Kier alpha value is -0.610. The highest BCUT2D eigenvalue weighted by atomic mass is 16.5. The van der Waals surface area contributed by atoms with Crippen LogP contribution in [-0.2, 0) is 4.79 Å². The van der Waals surface area contributed by atoms with Crippen molar-refractivity contribution in [3.8, 4) is 0 Å². The third-order valence-electron chi connectivity index (χ3n) is 1.41. The van der Waals surface area contributed by atoms with Crippen molar-refractivity contribution in [2.75, 3.05) is 6.54 Å². The van der Waals surface area contributed by atoms with Gasteiger partial charge >= 0.3 is 5.97 Å². The van der Waals surface area contributed by atoms with Gasteiger partial charge in [-0.3, -0.25) is 4.79 Å². The van der Waals surface area contributed by atoms with E-state index in [0.29, 0.717) is 13.0 Å². The van der Waals surface area contributed by atoms with E-state index in [9.17, 15) is 4.79 Å². The van der Waals surface area contributed by atoms with Crippen molar-refractivity contribution < 1.29 is 15.0 Å². The fourth-order valence-corrected chi connectivity index (χ4v) is 0.905. The van der Waals surface area contributed by atoms with Gasteiger partial charge in [-0.15, -0.1) is 0 Å². The second kappa shape index (κ2) is 2.33. The number of aliphatic carboxylic acids is 1. The molecule has 52 valence electrons. The van der Waals surface area contributed by atoms with E-state index in [1.165, 1.54) is 0 Å². The zero-order chi connectivity index (χ0) is 6.85. The molecule has 1 saturated heterocycles. The lowest BCUT2D eigenvalue weighted by Crippen LogP contribution is -2.29. The molecule has 0 aromatic heterocycles. The lowest BCUT2D eigenvalue weighted by Gasteiger charge is -1.99. The van der Waals surface area contributed by atoms with Crippen molar-refractivity contribution in [3.63, 3.8) is 0 Å². The standard InChI is InChI=1S/C5H9NO3/c7-3-1-4(5(8)9)6-2-3/h3-4,6-7H,1-2H2,(H,8,9)/t3-,4-/m0/s1/i4+1,5+1,6+1. The van der Waals surface area contributed by atoms with Crippen molar-refractivity contribution in [2.45, 2.75) is 18.6 Å². The summed E-state index contributed by atoms with van der Waals surface area (Å²) in [6, 6.07) is -0.542. The highest BCUT2D eigenvalue weighted by Crippen LogP contribution is 2.05. The molecule has 0 radical (unpaired) electrons. The Morgan fingerprint density at radius 2 is 2.33 bits per heavy atom. The zero-order valence-electron chi connectivity index (χ0n) is 4.87. The molecule has 1 rings (SSSR count). The minimum atomic E-state index is -0.883. The summed E-state index contributed by atoms with van der Waals surface area (Å²) in [4.78, 5) is 10.2. The van der Waals surface area contributed by atoms with Gasteiger partial charge in [-0.2, -0.15) is 0 Å². The van der Waals surface area contributed by atoms with E-state index in [4.69, 9.17) is 10.2 Å². The molecule has 1 aliphatic rings. The predicted octanol–water partition coefficient (Wildman–Crippen LogP) is -1.21. The van der Waals surface area contributed by atoms with Crippen molar-refractivity contribution >= 4 is 5.97 Å². The summed E-state index contributed by atoms with van der Waals surface area (Å²) in [7, 11) is 0. The van der Waals surface area contributed by atoms with E-state index in [0.717, 1.165) is 0 Å². The summed E-state index contributed by atoms with van der Waals surface area (Å²) in [5, 5.41) is 19.8. The minimum Gasteiger partial charge on any atom is -0.480 e. The van der Waals surface area contributed by atoms with Crippen LogP contribution in [-0.4, -0.2) is 34.9 Å². The van der Waals surface area contributed by atoms with Crippen LogP contribution in [0.4, 0.5) is 0 Å². The Morgan fingerprint density at radius 3 is 2.56 bits per heavy atom. The quantitative estimate of drug-likeness (QED) is 0.311. The molecule has 0 amide bonds. The molecule has 3 N–H and O–H groups in total. The molecule has 4 nitrogen and oxygen atoms in total. The van der Waals surface area contributed by atoms with Gasteiger partial charge in [0.25, 0.3) is 0 Å². The Balaban J connectivity index is 2.39. The number of carboxylic acids is 1. The second-order valence-corrected chi connectivity index (χ2v) is 2.19. The smallest absolute Gasteiger partial charge is 0.320 e. The molecule has 1 fully saturated rings. The van der Waals surface area contributed by atoms with E-state index >= 15 is 0 Å². The lowest BCUT2D eigenvalue weighted by molar-refractivity contribution is -0.139. The third kappa shape index (κ3) is 1.40. The molecule has 0 saturated carbocycles. The molecule has 0 unspecified atom stereocenters. The van der Waals surface area contributed by atoms with Crippen LogP contribution in [0.25, 0.3) is 0 Å². The van der Waals surface area contributed by atoms with Crippen molar-refractivity contribution in [1.29, 1.82) is 0 Å². The van der Waals surface area contributed by atoms with Gasteiger partial charge < -0.3 is 15.5 Å². The van der Waals surface area contributed by atoms with Crippen molar-refractivity contribution in [2.24, 2.45) is 0 Å². The normalized spacial score (nSPS) is 34.8. The van der Waals surface area contributed by atoms with Crippen LogP contribution in [0.3, 0.4) is 0 Å². The first kappa shape index (κ1) is 6.51. The van der Waals surface area contributed by atoms with Crippen molar-refractivity contribution in [1.82, 2.24) is 5.32 Å². The number of β-amino-alcohol motifs (C(OH)–C–C–N with tert-alkyl or cyclic N) is 1. The Morgan fingerprint density at radius 1 is 1.67 bits per heavy atom. The highest BCUT2D eigenvalue weighted by molar-refractivity contribution is 5.73. The van der Waals surface area contributed by atoms with E-state index in [1.54, 1.807) is 0 Å². The summed E-state index contributed by atoms with van der Waals surface area (Å²) in [6.45, 7) is 0.400. The summed E-state index contributed by atoms with van der Waals surface area (Å²) in [5.74, 6) is -0.883. The third-order valence-corrected chi connectivity index (χ3v) is 1.41. The molecular formula is C5H9NO3. The Labute approximate surface area is 52.5 Å². The van der Waals surface area contributed by atoms with Crippen LogP contribution in [0.1, 0.15) is 6.42 Å². The Kier molecular flexibility index (Phi) is 1.68. The summed E-state index contributed by atoms with van der Waals surface area (Å²) in [6.07, 6.45) is -0.152. The van der Waals surface area contributed by atoms with Crippen LogP contribution >= 0.6 is 0 Å². The van der Waals surface area contributed by atoms with Gasteiger partial charge in [0.15, 0.2) is 0 Å². The molecule has 0 aromatic rings. The van der Waals surface area contributed by atoms with Gasteiger partial charge in [-0.1, -0.05) is 0 Å². The number of rotatable bonds is 1. The topological polar surface area (TPSA) is 69.6 Å². The highest BCUT2D eigenvalue weighted by Gasteiger charge is 2.27. The average Bonchev–Trinajstić information content (AvgIpc) is 2.14. The fraction of sp³-hybridized carbons (Fsp3) is 0.800. The molecule has 1 heterocycles. The predicted molar refractivity (Wildman–Crippen MR) is 30.1 cm³/mol. The van der Waals surface area contributed by atoms with Crippen LogP contribution in [0, 0.1) is 0 Å². The summed E-state index contributed by atoms with van der Waals surface area (Å²) in [5.41, 5.74) is 0. The number of aliphatic hydroxyl groups is 1. The molecule has 2 atom stereocenters. The zero-order valence-corrected chi connectivity index (χ0v) is 4.87. The number of carbonyl (C=O) groups is 1. The Bertz CT molecular complexity index is 125. The fourth-order valence-electron chi connectivity index (χ4n) is 0.905. The van der Waals surface area contributed by atoms with Gasteiger partial charge in [0, 0.05) is 13.0 Å². The van der Waals surface area contributed by atoms with Gasteiger partial charge in [-0.25, -0.2) is 0 Å². The van der Waals surface area contributed by atoms with E-state index < -0.39 is 18.1 Å². The average molecular weight is 134 g/mol. The first-order chi connectivity index (χ1) is 4.20. The van der Waals surface area contributed by atoms with E-state index in [2.05, 4.69) is 5.32 Å². The van der Waals surface area contributed by atoms with Gasteiger partial charge in [-0.05, 0) is 0 Å². The maximum absolute atomic E-state index is 10.2. The second-order valence-electron chi connectivity index (χ2n) is 2.19. The molecule has 1 aliphatic heterocycles. The van der Waals surface area contributed by atoms with Gasteiger partial charge in [0.2, 0.25) is 0 Å². The van der Waals surface area contributed by atoms with Gasteiger partial charge in [0.05, 0.1) is 6.10 Å². The van der Waals surface area contributed by atoms with Crippen LogP contribution in [0.2, 0.25) is 0 Å². The maximum atomic E-state index is 10.2. The summed E-state index contributed by atoms with van der Waals surface area (Å²) < 4.78 is 0. The number of hydrogen-bond donors (Lipinski definition) is 3. The number of nitrogens with one attached hydrogen (secondary N) is 1. The van der Waals surface area contributed by atoms with Crippen LogP contribution in [0.5, 0.6) is 0 Å². The van der Waals surface area contributed by atoms with E-state index in [-0.39, 0.29) is 0 Å². The molecular weight excluding hydrogens is 125 g/mol. The maximum Gasteiger partial charge on any atom is 0.320 e. The first-order valence-corrected chi connectivity index (χ1v) is 2.84. The molecule has 0 spiro atoms. The van der Waals surface area contributed by atoms with Crippen molar-refractivity contribution in [3.05, 3.63) is 0 Å². The number of carboxylic acid groups (broad SMARTS) is 1. The SMILES string of the molecule is O=[13C](O)[13C@@H]1C[C@H](O)C[15NH]1. The molecule has 0 bridgehead atoms. The van der Waals surface area contributed by atoms with Gasteiger partial charge in [0.1, 0.15) is 6.04 Å². The monoisotopic (exact) mass is 134 g/mol. The number of aliphatic hydroxyl groups excluding tert-OH is 1. The van der Waals surface area contributed by atoms with Crippen LogP contribution in [0.15, 0.2) is 0 Å². The lowest BCUT2D eigenvalue weighted by atomic mass is 10.4. The first-order valence-electron chi connectivity index (χ1n) is 2.84. The van der Waals surface area contributed by atoms with E-state index in [1.807, 2.05) is 0 Å². The molecule has 0 aliphatic carbocycles. The molecule has 9 heavy (non-hydrogen) atoms. The summed E-state index contributed by atoms with van der Waals surface area (Å²) >= 11 is 0. The number of hydrogen-bond acceptors (Lipinski definition) is 3. The molecule has 0 aromatic carbocycles. The largest absolute Gasteiger partial charge is 0.480 e. The minimum absolute atomic E-state index is 0.329.